The average Bonchev–Trinajstić information content (AvgIpc) is 3.05. The maximum Gasteiger partial charge on any atom is 0.266 e. The Morgan fingerprint density at radius 3 is 1.27 bits per heavy atom. The SMILES string of the molecule is O=C1c2cc(F)c(F)cc2C(=O)C2C=C(F)C(F)=CC12.[C-]#[N+]/C(C#N)=C1\c2cc(F)c(F)cc2/C(=C(/C#N)[N+]#[C-])C2C=C(F)C(C)=CC12. The van der Waals surface area contributed by atoms with E-state index in [1.54, 1.807) is 12.1 Å². The van der Waals surface area contributed by atoms with Gasteiger partial charge in [-0.1, -0.05) is 6.08 Å². The molecule has 4 unspecified atom stereocenters. The van der Waals surface area contributed by atoms with Gasteiger partial charge in [-0.3, -0.25) is 9.59 Å². The third-order valence-electron chi connectivity index (χ3n) is 8.24. The maximum atomic E-state index is 14.3. The number of carbonyl (C=O) groups is 2. The first-order valence-electron chi connectivity index (χ1n) is 13.7. The van der Waals surface area contributed by atoms with Crippen LogP contribution in [0.2, 0.25) is 0 Å². The highest BCUT2D eigenvalue weighted by Crippen LogP contribution is 2.52. The van der Waals surface area contributed by atoms with Crippen LogP contribution < -0.4 is 0 Å². The second-order valence-corrected chi connectivity index (χ2v) is 10.8. The molecule has 4 aliphatic carbocycles. The van der Waals surface area contributed by atoms with Crippen molar-refractivity contribution in [1.29, 1.82) is 10.5 Å². The number of hydrogen-bond donors (Lipinski definition) is 0. The van der Waals surface area contributed by atoms with E-state index in [1.807, 2.05) is 0 Å². The first kappa shape index (κ1) is 33.1. The Kier molecular flexibility index (Phi) is 8.59. The summed E-state index contributed by atoms with van der Waals surface area (Å²) in [5.74, 6) is -13.6. The summed E-state index contributed by atoms with van der Waals surface area (Å²) in [6.07, 6.45) is 4.05. The molecule has 6 rings (SSSR count). The van der Waals surface area contributed by atoms with Crippen LogP contribution >= 0.6 is 0 Å². The molecule has 0 spiro atoms. The van der Waals surface area contributed by atoms with Crippen LogP contribution in [0.5, 0.6) is 0 Å². The van der Waals surface area contributed by atoms with E-state index in [0.29, 0.717) is 24.3 Å². The molecule has 0 amide bonds. The molecule has 4 aliphatic rings. The molecule has 0 saturated carbocycles. The van der Waals surface area contributed by atoms with Gasteiger partial charge >= 0.3 is 0 Å². The van der Waals surface area contributed by atoms with E-state index < -0.39 is 76.0 Å². The van der Waals surface area contributed by atoms with E-state index in [-0.39, 0.29) is 50.4 Å². The lowest BCUT2D eigenvalue weighted by Gasteiger charge is -2.37. The zero-order valence-electron chi connectivity index (χ0n) is 24.2. The molecule has 0 aromatic heterocycles. The Hall–Kier alpha value is -6.31. The second-order valence-electron chi connectivity index (χ2n) is 10.8. The summed E-state index contributed by atoms with van der Waals surface area (Å²) in [6, 6.07) is 6.36. The van der Waals surface area contributed by atoms with Gasteiger partial charge in [0.15, 0.2) is 46.5 Å². The van der Waals surface area contributed by atoms with Crippen LogP contribution in [0, 0.1) is 82.7 Å². The average molecular weight is 657 g/mol. The van der Waals surface area contributed by atoms with E-state index >= 15 is 0 Å². The lowest BCUT2D eigenvalue weighted by molar-refractivity contribution is 0.0796. The minimum absolute atomic E-state index is 0.00361. The third-order valence-corrected chi connectivity index (χ3v) is 8.24. The van der Waals surface area contributed by atoms with E-state index in [0.717, 1.165) is 12.1 Å². The van der Waals surface area contributed by atoms with Crippen LogP contribution in [0.4, 0.5) is 30.7 Å². The molecule has 0 aliphatic heterocycles. The van der Waals surface area contributed by atoms with Gasteiger partial charge in [0.25, 0.3) is 11.4 Å². The van der Waals surface area contributed by atoms with Crippen molar-refractivity contribution in [1.82, 2.24) is 0 Å². The molecule has 0 N–H and O–H groups in total. The summed E-state index contributed by atoms with van der Waals surface area (Å²) < 4.78 is 95.1. The van der Waals surface area contributed by atoms with Crippen LogP contribution in [0.15, 0.2) is 83.0 Å². The number of nitrogens with zero attached hydrogens (tertiary/aromatic N) is 4. The molecular formula is C35H15F7N4O2. The Balaban J connectivity index is 0.000000198. The molecule has 6 nitrogen and oxygen atoms in total. The van der Waals surface area contributed by atoms with E-state index in [9.17, 15) is 50.8 Å². The lowest BCUT2D eigenvalue weighted by Crippen LogP contribution is -2.36. The molecule has 0 radical (unpaired) electrons. The molecule has 13 heteroatoms. The fourth-order valence-electron chi connectivity index (χ4n) is 6.06. The van der Waals surface area contributed by atoms with Gasteiger partial charge in [0.05, 0.1) is 37.1 Å². The molecule has 48 heavy (non-hydrogen) atoms. The van der Waals surface area contributed by atoms with Crippen LogP contribution in [-0.4, -0.2) is 11.6 Å². The highest BCUT2D eigenvalue weighted by molar-refractivity contribution is 6.17. The highest BCUT2D eigenvalue weighted by Gasteiger charge is 2.43. The van der Waals surface area contributed by atoms with Gasteiger partial charge in [-0.15, -0.1) is 0 Å². The quantitative estimate of drug-likeness (QED) is 0.161. The van der Waals surface area contributed by atoms with Crippen molar-refractivity contribution in [2.75, 3.05) is 0 Å². The van der Waals surface area contributed by atoms with Crippen molar-refractivity contribution in [3.8, 4) is 12.1 Å². The monoisotopic (exact) mass is 656 g/mol. The summed E-state index contributed by atoms with van der Waals surface area (Å²) in [6.45, 7) is 16.1. The number of halogens is 7. The largest absolute Gasteiger partial charge is 0.293 e. The van der Waals surface area contributed by atoms with Gasteiger partial charge in [-0.2, -0.15) is 0 Å². The van der Waals surface area contributed by atoms with E-state index in [4.69, 9.17) is 13.1 Å². The topological polar surface area (TPSA) is 90.4 Å². The van der Waals surface area contributed by atoms with Crippen molar-refractivity contribution in [3.63, 3.8) is 0 Å². The Morgan fingerprint density at radius 1 is 0.583 bits per heavy atom. The van der Waals surface area contributed by atoms with Crippen molar-refractivity contribution in [2.45, 2.75) is 6.92 Å². The van der Waals surface area contributed by atoms with E-state index in [1.165, 1.54) is 19.1 Å². The minimum Gasteiger partial charge on any atom is -0.293 e. The van der Waals surface area contributed by atoms with Gasteiger partial charge in [-0.25, -0.2) is 50.9 Å². The molecule has 0 fully saturated rings. The smallest absolute Gasteiger partial charge is 0.266 e. The van der Waals surface area contributed by atoms with Crippen LogP contribution in [-0.2, 0) is 0 Å². The number of rotatable bonds is 0. The summed E-state index contributed by atoms with van der Waals surface area (Å²) in [7, 11) is 0. The predicted octanol–water partition coefficient (Wildman–Crippen LogP) is 8.63. The van der Waals surface area contributed by atoms with Crippen molar-refractivity contribution < 1.29 is 40.3 Å². The van der Waals surface area contributed by atoms with Gasteiger partial charge in [0.1, 0.15) is 5.83 Å². The molecule has 0 bridgehead atoms. The summed E-state index contributed by atoms with van der Waals surface area (Å²) in [5.41, 5.74) is -0.915. The summed E-state index contributed by atoms with van der Waals surface area (Å²) in [4.78, 5) is 30.6. The lowest BCUT2D eigenvalue weighted by atomic mass is 9.66. The van der Waals surface area contributed by atoms with E-state index in [2.05, 4.69) is 9.69 Å². The Labute approximate surface area is 267 Å². The van der Waals surface area contributed by atoms with Gasteiger partial charge in [0.2, 0.25) is 0 Å². The standard InChI is InChI=1S/C21H9F3N4.C14H6F4O2/c1-10-4-11-12(5-15(10)22)21(19(9-26)28-3)14-7-17(24)16(23)6-13(14)20(11)18(8-25)27-2;15-9-1-5-6(2-10(9)16)14(20)8-4-12(18)11(17)3-7(8)13(5)19/h4-7,11-12H,1H3;1-6H/b20-18-,21-19-;. The van der Waals surface area contributed by atoms with Gasteiger partial charge in [-0.05, 0) is 77.3 Å². The van der Waals surface area contributed by atoms with Crippen LogP contribution in [0.1, 0.15) is 38.8 Å². The number of benzene rings is 2. The number of fused-ring (bicyclic) bond motifs is 4. The molecule has 4 atom stereocenters. The Bertz CT molecular complexity index is 2040. The van der Waals surface area contributed by atoms with Crippen LogP contribution in [0.3, 0.4) is 0 Å². The molecule has 0 heterocycles. The summed E-state index contributed by atoms with van der Waals surface area (Å²) >= 11 is 0. The summed E-state index contributed by atoms with van der Waals surface area (Å²) in [5, 5.41) is 18.8. The zero-order valence-corrected chi connectivity index (χ0v) is 24.2. The molecule has 0 saturated heterocycles. The number of ketones is 2. The molecule has 2 aromatic rings. The fourth-order valence-corrected chi connectivity index (χ4v) is 6.06. The van der Waals surface area contributed by atoms with Crippen molar-refractivity contribution in [3.05, 3.63) is 151 Å². The zero-order chi connectivity index (χ0) is 35.2. The predicted molar refractivity (Wildman–Crippen MR) is 155 cm³/mol. The first-order chi connectivity index (χ1) is 22.8. The first-order valence-corrected chi connectivity index (χ1v) is 13.7. The number of allylic oxidation sites excluding steroid dienone is 12. The highest BCUT2D eigenvalue weighted by atomic mass is 19.2. The van der Waals surface area contributed by atoms with Gasteiger partial charge in [0, 0.05) is 23.0 Å². The number of nitriles is 2. The number of Topliss-reactive ketones (excluding diaryl/α,β-unsaturated/α-hetero) is 2. The molecule has 236 valence electrons. The Morgan fingerprint density at radius 2 is 0.917 bits per heavy atom. The van der Waals surface area contributed by atoms with Crippen molar-refractivity contribution in [2.24, 2.45) is 23.7 Å². The molecular weight excluding hydrogens is 641 g/mol. The number of carbonyl (C=O) groups excluding carboxylic acids is 2. The minimum atomic E-state index is -1.27. The normalized spacial score (nSPS) is 24.0. The van der Waals surface area contributed by atoms with Gasteiger partial charge < -0.3 is 0 Å². The molecule has 2 aromatic carbocycles. The van der Waals surface area contributed by atoms with Crippen LogP contribution in [0.25, 0.3) is 20.8 Å². The fraction of sp³-hybridized carbons (Fsp3) is 0.143. The second kappa shape index (κ2) is 12.5. The maximum absolute atomic E-state index is 14.3. The third kappa shape index (κ3) is 5.32. The number of hydrogen-bond acceptors (Lipinski definition) is 4. The van der Waals surface area contributed by atoms with Crippen molar-refractivity contribution >= 4 is 22.7 Å².